The highest BCUT2D eigenvalue weighted by Crippen LogP contribution is 2.33. The highest BCUT2D eigenvalue weighted by molar-refractivity contribution is 9.11. The lowest BCUT2D eigenvalue weighted by Crippen LogP contribution is -2.21. The van der Waals surface area contributed by atoms with Gasteiger partial charge in [-0.05, 0) is 68.4 Å². The van der Waals surface area contributed by atoms with Crippen LogP contribution in [0.25, 0.3) is 0 Å². The van der Waals surface area contributed by atoms with Crippen LogP contribution in [0.5, 0.6) is 5.75 Å². The molecule has 0 aromatic heterocycles. The average Bonchev–Trinajstić information content (AvgIpc) is 2.26. The Morgan fingerprint density at radius 3 is 2.41 bits per heavy atom. The molecule has 3 nitrogen and oxygen atoms in total. The molecule has 3 N–H and O–H groups in total. The Bertz CT molecular complexity index is 349. The van der Waals surface area contributed by atoms with Crippen molar-refractivity contribution in [1.29, 1.82) is 0 Å². The quantitative estimate of drug-likeness (QED) is 0.725. The van der Waals surface area contributed by atoms with E-state index >= 15 is 0 Å². The molecule has 17 heavy (non-hydrogen) atoms. The topological polar surface area (TPSA) is 52.5 Å². The van der Waals surface area contributed by atoms with E-state index in [1.54, 1.807) is 0 Å². The number of halogens is 2. The smallest absolute Gasteiger partial charge is 0.143 e. The number of phenols is 1. The first-order valence-corrected chi connectivity index (χ1v) is 7.11. The Labute approximate surface area is 118 Å². The summed E-state index contributed by atoms with van der Waals surface area (Å²) in [6.07, 6.45) is 0.815. The molecule has 0 aliphatic heterocycles. The number of phenolic OH excluding ortho intramolecular Hbond substituents is 1. The standard InChI is InChI=1S/C12H17Br2NO2/c1-8(2-3-16)6-15-7-9-4-10(13)12(17)11(14)5-9/h4-5,8,15-17H,2-3,6-7H2,1H3. The van der Waals surface area contributed by atoms with Gasteiger partial charge in [-0.15, -0.1) is 0 Å². The number of nitrogens with one attached hydrogen (secondary N) is 1. The molecule has 0 heterocycles. The molecule has 0 bridgehead atoms. The summed E-state index contributed by atoms with van der Waals surface area (Å²) in [4.78, 5) is 0. The van der Waals surface area contributed by atoms with Crippen LogP contribution in [-0.2, 0) is 6.54 Å². The zero-order chi connectivity index (χ0) is 12.8. The lowest BCUT2D eigenvalue weighted by atomic mass is 10.1. The summed E-state index contributed by atoms with van der Waals surface area (Å²) in [5, 5.41) is 21.7. The number of aromatic hydroxyl groups is 1. The van der Waals surface area contributed by atoms with Gasteiger partial charge in [0.2, 0.25) is 0 Å². The van der Waals surface area contributed by atoms with E-state index in [1.165, 1.54) is 0 Å². The molecular formula is C12H17Br2NO2. The Balaban J connectivity index is 2.47. The normalized spacial score (nSPS) is 12.7. The summed E-state index contributed by atoms with van der Waals surface area (Å²) in [7, 11) is 0. The van der Waals surface area contributed by atoms with Gasteiger partial charge in [0.25, 0.3) is 0 Å². The number of aliphatic hydroxyl groups excluding tert-OH is 1. The van der Waals surface area contributed by atoms with Gasteiger partial charge in [0, 0.05) is 13.2 Å². The van der Waals surface area contributed by atoms with Crippen molar-refractivity contribution >= 4 is 31.9 Å². The molecule has 1 unspecified atom stereocenters. The van der Waals surface area contributed by atoms with Gasteiger partial charge in [-0.25, -0.2) is 0 Å². The third-order valence-corrected chi connectivity index (χ3v) is 3.73. The number of hydrogen-bond donors (Lipinski definition) is 3. The Morgan fingerprint density at radius 2 is 1.88 bits per heavy atom. The van der Waals surface area contributed by atoms with Gasteiger partial charge in [0.05, 0.1) is 8.95 Å². The van der Waals surface area contributed by atoms with Crippen molar-refractivity contribution in [1.82, 2.24) is 5.32 Å². The summed E-state index contributed by atoms with van der Waals surface area (Å²) in [6.45, 7) is 3.95. The summed E-state index contributed by atoms with van der Waals surface area (Å²) in [6, 6.07) is 3.79. The monoisotopic (exact) mass is 365 g/mol. The second-order valence-electron chi connectivity index (χ2n) is 4.16. The molecule has 5 heteroatoms. The zero-order valence-electron chi connectivity index (χ0n) is 9.71. The molecule has 96 valence electrons. The van der Waals surface area contributed by atoms with Crippen LogP contribution in [0.2, 0.25) is 0 Å². The molecule has 0 aliphatic rings. The molecule has 0 aliphatic carbocycles. The van der Waals surface area contributed by atoms with Crippen LogP contribution in [0, 0.1) is 5.92 Å². The van der Waals surface area contributed by atoms with Crippen molar-refractivity contribution in [2.24, 2.45) is 5.92 Å². The fourth-order valence-corrected chi connectivity index (χ4v) is 2.79. The predicted octanol–water partition coefficient (Wildman–Crippen LogP) is 3.03. The maximum Gasteiger partial charge on any atom is 0.143 e. The highest BCUT2D eigenvalue weighted by atomic mass is 79.9. The number of hydrogen-bond acceptors (Lipinski definition) is 3. The lowest BCUT2D eigenvalue weighted by Gasteiger charge is -2.12. The first-order valence-electron chi connectivity index (χ1n) is 5.53. The second kappa shape index (κ2) is 7.36. The van der Waals surface area contributed by atoms with Crippen LogP contribution >= 0.6 is 31.9 Å². The fourth-order valence-electron chi connectivity index (χ4n) is 1.51. The molecule has 0 amide bonds. The number of aliphatic hydroxyl groups is 1. The molecule has 1 aromatic carbocycles. The highest BCUT2D eigenvalue weighted by Gasteiger charge is 2.06. The van der Waals surface area contributed by atoms with Crippen LogP contribution in [0.1, 0.15) is 18.9 Å². The summed E-state index contributed by atoms with van der Waals surface area (Å²) < 4.78 is 1.37. The first-order chi connectivity index (χ1) is 8.04. The summed E-state index contributed by atoms with van der Waals surface area (Å²) in [5.74, 6) is 0.686. The first kappa shape index (κ1) is 15.0. The maximum atomic E-state index is 9.57. The van der Waals surface area contributed by atoms with Gasteiger partial charge in [-0.2, -0.15) is 0 Å². The van der Waals surface area contributed by atoms with Gasteiger partial charge in [0.15, 0.2) is 0 Å². The molecule has 0 radical (unpaired) electrons. The van der Waals surface area contributed by atoms with E-state index in [0.717, 1.165) is 25.1 Å². The van der Waals surface area contributed by atoms with Crippen LogP contribution in [0.15, 0.2) is 21.1 Å². The van der Waals surface area contributed by atoms with Crippen LogP contribution < -0.4 is 5.32 Å². The van der Waals surface area contributed by atoms with Crippen molar-refractivity contribution in [2.45, 2.75) is 19.9 Å². The van der Waals surface area contributed by atoms with Gasteiger partial charge in [-0.1, -0.05) is 6.92 Å². The third kappa shape index (κ3) is 4.95. The van der Waals surface area contributed by atoms with E-state index in [2.05, 4.69) is 44.1 Å². The average molecular weight is 367 g/mol. The van der Waals surface area contributed by atoms with Gasteiger partial charge < -0.3 is 15.5 Å². The summed E-state index contributed by atoms with van der Waals surface area (Å²) in [5.41, 5.74) is 1.10. The minimum absolute atomic E-state index is 0.224. The van der Waals surface area contributed by atoms with E-state index in [0.29, 0.717) is 14.9 Å². The lowest BCUT2D eigenvalue weighted by molar-refractivity contribution is 0.260. The Kier molecular flexibility index (Phi) is 6.48. The van der Waals surface area contributed by atoms with E-state index in [9.17, 15) is 5.11 Å². The Morgan fingerprint density at radius 1 is 1.29 bits per heavy atom. The SMILES string of the molecule is CC(CCO)CNCc1cc(Br)c(O)c(Br)c1. The van der Waals surface area contributed by atoms with Crippen LogP contribution in [0.3, 0.4) is 0 Å². The van der Waals surface area contributed by atoms with Gasteiger partial charge in [0.1, 0.15) is 5.75 Å². The molecule has 0 spiro atoms. The van der Waals surface area contributed by atoms with Crippen molar-refractivity contribution in [2.75, 3.05) is 13.2 Å². The van der Waals surface area contributed by atoms with E-state index in [-0.39, 0.29) is 12.4 Å². The van der Waals surface area contributed by atoms with Crippen molar-refractivity contribution < 1.29 is 10.2 Å². The number of benzene rings is 1. The molecule has 0 fully saturated rings. The Hall–Kier alpha value is -0.100. The van der Waals surface area contributed by atoms with Crippen molar-refractivity contribution in [3.8, 4) is 5.75 Å². The molecular weight excluding hydrogens is 350 g/mol. The molecule has 1 rings (SSSR count). The second-order valence-corrected chi connectivity index (χ2v) is 5.87. The van der Waals surface area contributed by atoms with E-state index in [4.69, 9.17) is 5.11 Å². The van der Waals surface area contributed by atoms with E-state index in [1.807, 2.05) is 12.1 Å². The largest absolute Gasteiger partial charge is 0.506 e. The molecule has 0 saturated heterocycles. The zero-order valence-corrected chi connectivity index (χ0v) is 12.9. The minimum atomic E-state index is 0.224. The summed E-state index contributed by atoms with van der Waals surface area (Å²) >= 11 is 6.60. The third-order valence-electron chi connectivity index (χ3n) is 2.52. The number of rotatable bonds is 6. The molecule has 1 atom stereocenters. The van der Waals surface area contributed by atoms with Crippen LogP contribution in [0.4, 0.5) is 0 Å². The maximum absolute atomic E-state index is 9.57. The van der Waals surface area contributed by atoms with Crippen molar-refractivity contribution in [3.05, 3.63) is 26.6 Å². The predicted molar refractivity (Wildman–Crippen MR) is 76.1 cm³/mol. The molecule has 1 aromatic rings. The van der Waals surface area contributed by atoms with E-state index < -0.39 is 0 Å². The fraction of sp³-hybridized carbons (Fsp3) is 0.500. The minimum Gasteiger partial charge on any atom is -0.506 e. The van der Waals surface area contributed by atoms with Crippen LogP contribution in [-0.4, -0.2) is 23.4 Å². The van der Waals surface area contributed by atoms with Gasteiger partial charge >= 0.3 is 0 Å². The molecule has 0 saturated carbocycles. The van der Waals surface area contributed by atoms with Gasteiger partial charge in [-0.3, -0.25) is 0 Å². The van der Waals surface area contributed by atoms with Crippen molar-refractivity contribution in [3.63, 3.8) is 0 Å².